The van der Waals surface area contributed by atoms with Gasteiger partial charge in [0.05, 0.1) is 6.42 Å². The summed E-state index contributed by atoms with van der Waals surface area (Å²) in [4.78, 5) is 27.6. The van der Waals surface area contributed by atoms with Gasteiger partial charge in [-0.3, -0.25) is 14.5 Å². The molecule has 1 saturated heterocycles. The number of hydrogen-bond donors (Lipinski definition) is 2. The van der Waals surface area contributed by atoms with Crippen LogP contribution in [0.3, 0.4) is 0 Å². The van der Waals surface area contributed by atoms with E-state index in [4.69, 9.17) is 4.42 Å². The van der Waals surface area contributed by atoms with Crippen LogP contribution >= 0.6 is 0 Å². The number of furan rings is 1. The van der Waals surface area contributed by atoms with Crippen molar-refractivity contribution >= 4 is 28.5 Å². The van der Waals surface area contributed by atoms with Crippen molar-refractivity contribution in [1.82, 2.24) is 10.2 Å². The zero-order valence-electron chi connectivity index (χ0n) is 19.6. The zero-order chi connectivity index (χ0) is 24.0. The Balaban J connectivity index is 1.13. The summed E-state index contributed by atoms with van der Waals surface area (Å²) in [6, 6.07) is 24.9. The van der Waals surface area contributed by atoms with Crippen LogP contribution < -0.4 is 10.6 Å². The van der Waals surface area contributed by atoms with Crippen molar-refractivity contribution < 1.29 is 14.0 Å². The summed E-state index contributed by atoms with van der Waals surface area (Å²) >= 11 is 0. The highest BCUT2D eigenvalue weighted by Gasteiger charge is 2.15. The van der Waals surface area contributed by atoms with E-state index in [1.165, 1.54) is 18.4 Å². The normalized spacial score (nSPS) is 13.7. The van der Waals surface area contributed by atoms with Gasteiger partial charge in [0.25, 0.3) is 5.91 Å². The van der Waals surface area contributed by atoms with Crippen LogP contribution in [0.1, 0.15) is 40.1 Å². The van der Waals surface area contributed by atoms with Gasteiger partial charge in [-0.25, -0.2) is 0 Å². The summed E-state index contributed by atoms with van der Waals surface area (Å²) in [6.45, 7) is 3.76. The van der Waals surface area contributed by atoms with Crippen molar-refractivity contribution in [3.63, 3.8) is 0 Å². The van der Waals surface area contributed by atoms with E-state index in [0.29, 0.717) is 17.8 Å². The molecule has 4 aromatic rings. The fourth-order valence-electron chi connectivity index (χ4n) is 4.50. The summed E-state index contributed by atoms with van der Waals surface area (Å²) in [5.41, 5.74) is 4.65. The Morgan fingerprint density at radius 3 is 2.34 bits per heavy atom. The molecular formula is C29H29N3O3. The second-order valence-corrected chi connectivity index (χ2v) is 9.00. The monoisotopic (exact) mass is 467 g/mol. The molecule has 0 saturated carbocycles. The van der Waals surface area contributed by atoms with Crippen molar-refractivity contribution in [1.29, 1.82) is 0 Å². The van der Waals surface area contributed by atoms with Crippen LogP contribution in [0.4, 0.5) is 5.69 Å². The number of hydrogen-bond acceptors (Lipinski definition) is 4. The van der Waals surface area contributed by atoms with Gasteiger partial charge in [-0.2, -0.15) is 0 Å². The average Bonchev–Trinajstić information content (AvgIpc) is 3.55. The molecular weight excluding hydrogens is 438 g/mol. The van der Waals surface area contributed by atoms with Gasteiger partial charge in [-0.1, -0.05) is 54.6 Å². The van der Waals surface area contributed by atoms with Crippen molar-refractivity contribution in [2.45, 2.75) is 32.4 Å². The van der Waals surface area contributed by atoms with E-state index in [1.54, 1.807) is 18.2 Å². The molecule has 3 aromatic carbocycles. The number of amides is 2. The highest BCUT2D eigenvalue weighted by atomic mass is 16.3. The summed E-state index contributed by atoms with van der Waals surface area (Å²) in [5.74, 6) is -0.0704. The summed E-state index contributed by atoms with van der Waals surface area (Å²) in [5, 5.41) is 6.79. The third kappa shape index (κ3) is 5.78. The maximum Gasteiger partial charge on any atom is 0.291 e. The van der Waals surface area contributed by atoms with Gasteiger partial charge in [0.15, 0.2) is 5.76 Å². The first kappa shape index (κ1) is 22.9. The standard InChI is InChI=1S/C29H29N3O3/c33-28(30-19-23-8-1-2-9-24(23)20-32-15-5-6-16-32)17-21-11-13-25(14-12-21)31-29(34)27-18-22-7-3-4-10-26(22)35-27/h1-4,7-14,18H,5-6,15-17,19-20H2,(H,30,33)(H,31,34). The number of carbonyl (C=O) groups excluding carboxylic acids is 2. The van der Waals surface area contributed by atoms with Gasteiger partial charge in [0, 0.05) is 24.2 Å². The number of benzene rings is 3. The third-order valence-corrected chi connectivity index (χ3v) is 6.41. The van der Waals surface area contributed by atoms with E-state index >= 15 is 0 Å². The fraction of sp³-hybridized carbons (Fsp3) is 0.241. The second kappa shape index (κ2) is 10.6. The topological polar surface area (TPSA) is 74.6 Å². The number of fused-ring (bicyclic) bond motifs is 1. The number of para-hydroxylation sites is 1. The van der Waals surface area contributed by atoms with Crippen molar-refractivity contribution in [3.8, 4) is 0 Å². The van der Waals surface area contributed by atoms with Gasteiger partial charge in [-0.05, 0) is 66.9 Å². The number of likely N-dealkylation sites (tertiary alicyclic amines) is 1. The molecule has 35 heavy (non-hydrogen) atoms. The minimum Gasteiger partial charge on any atom is -0.451 e. The lowest BCUT2D eigenvalue weighted by Gasteiger charge is -2.17. The minimum absolute atomic E-state index is 0.0277. The largest absolute Gasteiger partial charge is 0.451 e. The molecule has 0 unspecified atom stereocenters. The van der Waals surface area contributed by atoms with Crippen LogP contribution in [0.2, 0.25) is 0 Å². The molecule has 6 nitrogen and oxygen atoms in total. The maximum absolute atomic E-state index is 12.6. The second-order valence-electron chi connectivity index (χ2n) is 9.00. The predicted molar refractivity (Wildman–Crippen MR) is 137 cm³/mol. The Hall–Kier alpha value is -3.90. The molecule has 0 atom stereocenters. The first-order valence-corrected chi connectivity index (χ1v) is 12.1. The SMILES string of the molecule is O=C(Cc1ccc(NC(=O)c2cc3ccccc3o2)cc1)NCc1ccccc1CN1CCCC1. The Labute approximate surface area is 204 Å². The Morgan fingerprint density at radius 1 is 0.857 bits per heavy atom. The molecule has 0 aliphatic carbocycles. The molecule has 2 amide bonds. The Morgan fingerprint density at radius 2 is 1.57 bits per heavy atom. The molecule has 6 heteroatoms. The molecule has 5 rings (SSSR count). The van der Waals surface area contributed by atoms with Crippen LogP contribution in [-0.4, -0.2) is 29.8 Å². The molecule has 0 radical (unpaired) electrons. The Bertz CT molecular complexity index is 1290. The van der Waals surface area contributed by atoms with Gasteiger partial charge < -0.3 is 15.1 Å². The first-order chi connectivity index (χ1) is 17.1. The molecule has 2 heterocycles. The smallest absolute Gasteiger partial charge is 0.291 e. The molecule has 0 spiro atoms. The average molecular weight is 468 g/mol. The molecule has 1 aliphatic rings. The van der Waals surface area contributed by atoms with Gasteiger partial charge >= 0.3 is 0 Å². The van der Waals surface area contributed by atoms with Crippen LogP contribution in [0.5, 0.6) is 0 Å². The fourth-order valence-corrected chi connectivity index (χ4v) is 4.50. The zero-order valence-corrected chi connectivity index (χ0v) is 19.6. The molecule has 0 bridgehead atoms. The molecule has 2 N–H and O–H groups in total. The van der Waals surface area contributed by atoms with Gasteiger partial charge in [0.2, 0.25) is 5.91 Å². The van der Waals surface area contributed by atoms with Crippen LogP contribution in [-0.2, 0) is 24.3 Å². The predicted octanol–water partition coefficient (Wildman–Crippen LogP) is 5.14. The van der Waals surface area contributed by atoms with E-state index in [9.17, 15) is 9.59 Å². The van der Waals surface area contributed by atoms with E-state index in [1.807, 2.05) is 42.5 Å². The molecule has 1 aliphatic heterocycles. The highest BCUT2D eigenvalue weighted by Crippen LogP contribution is 2.20. The van der Waals surface area contributed by atoms with E-state index in [2.05, 4.69) is 33.7 Å². The van der Waals surface area contributed by atoms with Gasteiger partial charge in [-0.15, -0.1) is 0 Å². The van der Waals surface area contributed by atoms with E-state index in [-0.39, 0.29) is 24.0 Å². The summed E-state index contributed by atoms with van der Waals surface area (Å²) in [7, 11) is 0. The summed E-state index contributed by atoms with van der Waals surface area (Å²) in [6.07, 6.45) is 2.81. The maximum atomic E-state index is 12.6. The number of carbonyl (C=O) groups is 2. The lowest BCUT2D eigenvalue weighted by Crippen LogP contribution is -2.26. The molecule has 1 aromatic heterocycles. The molecule has 178 valence electrons. The Kier molecular flexibility index (Phi) is 6.91. The quantitative estimate of drug-likeness (QED) is 0.376. The van der Waals surface area contributed by atoms with Crippen molar-refractivity contribution in [2.75, 3.05) is 18.4 Å². The molecule has 1 fully saturated rings. The van der Waals surface area contributed by atoms with Crippen LogP contribution in [0.15, 0.2) is 83.3 Å². The lowest BCUT2D eigenvalue weighted by atomic mass is 10.1. The van der Waals surface area contributed by atoms with Crippen molar-refractivity contribution in [3.05, 3.63) is 101 Å². The van der Waals surface area contributed by atoms with E-state index < -0.39 is 0 Å². The van der Waals surface area contributed by atoms with Crippen LogP contribution in [0.25, 0.3) is 11.0 Å². The van der Waals surface area contributed by atoms with E-state index in [0.717, 1.165) is 36.1 Å². The first-order valence-electron chi connectivity index (χ1n) is 12.1. The number of rotatable bonds is 8. The lowest BCUT2D eigenvalue weighted by molar-refractivity contribution is -0.120. The number of anilines is 1. The minimum atomic E-state index is -0.306. The number of nitrogens with one attached hydrogen (secondary N) is 2. The van der Waals surface area contributed by atoms with Crippen LogP contribution in [0, 0.1) is 0 Å². The highest BCUT2D eigenvalue weighted by molar-refractivity contribution is 6.04. The van der Waals surface area contributed by atoms with Crippen molar-refractivity contribution in [2.24, 2.45) is 0 Å². The summed E-state index contributed by atoms with van der Waals surface area (Å²) < 4.78 is 5.62. The number of nitrogens with zero attached hydrogens (tertiary/aromatic N) is 1. The van der Waals surface area contributed by atoms with Gasteiger partial charge in [0.1, 0.15) is 5.58 Å². The third-order valence-electron chi connectivity index (χ3n) is 6.41.